The van der Waals surface area contributed by atoms with Crippen LogP contribution in [-0.2, 0) is 6.54 Å². The Morgan fingerprint density at radius 3 is 2.88 bits per heavy atom. The van der Waals surface area contributed by atoms with Gasteiger partial charge in [0.05, 0.1) is 6.54 Å². The predicted octanol–water partition coefficient (Wildman–Crippen LogP) is 1.32. The van der Waals surface area contributed by atoms with Gasteiger partial charge in [-0.1, -0.05) is 6.07 Å². The highest BCUT2D eigenvalue weighted by molar-refractivity contribution is 5.28. The van der Waals surface area contributed by atoms with E-state index in [1.54, 1.807) is 6.07 Å². The molecule has 1 aromatic heterocycles. The number of benzene rings is 1. The van der Waals surface area contributed by atoms with Crippen LogP contribution in [0.25, 0.3) is 0 Å². The fraction of sp³-hybridized carbons (Fsp3) is 0.167. The van der Waals surface area contributed by atoms with Gasteiger partial charge in [-0.15, -0.1) is 0 Å². The van der Waals surface area contributed by atoms with E-state index >= 15 is 0 Å². The van der Waals surface area contributed by atoms with Gasteiger partial charge in [-0.2, -0.15) is 5.10 Å². The van der Waals surface area contributed by atoms with Crippen LogP contribution in [0.1, 0.15) is 11.1 Å². The number of nitrogen functional groups attached to an aromatic ring is 1. The van der Waals surface area contributed by atoms with Crippen LogP contribution in [0, 0.1) is 12.7 Å². The van der Waals surface area contributed by atoms with Gasteiger partial charge < -0.3 is 5.73 Å². The van der Waals surface area contributed by atoms with Gasteiger partial charge in [-0.05, 0) is 36.2 Å². The molecule has 0 aliphatic heterocycles. The van der Waals surface area contributed by atoms with E-state index in [2.05, 4.69) is 5.10 Å². The standard InChI is InChI=1S/C12H12FN3O/c1-8-2-3-10(13)6-9(8)7-16-12(17)5-4-11(14)15-16/h2-6H,7H2,1H3,(H2,14,15). The molecule has 2 aromatic rings. The van der Waals surface area contributed by atoms with E-state index in [4.69, 9.17) is 5.73 Å². The first kappa shape index (κ1) is 11.3. The molecule has 0 atom stereocenters. The number of aryl methyl sites for hydroxylation is 1. The van der Waals surface area contributed by atoms with Crippen LogP contribution < -0.4 is 11.3 Å². The molecule has 0 unspecified atom stereocenters. The summed E-state index contributed by atoms with van der Waals surface area (Å²) in [6.45, 7) is 2.07. The van der Waals surface area contributed by atoms with E-state index in [0.717, 1.165) is 5.56 Å². The summed E-state index contributed by atoms with van der Waals surface area (Å²) in [6, 6.07) is 7.23. The zero-order chi connectivity index (χ0) is 12.4. The van der Waals surface area contributed by atoms with Crippen molar-refractivity contribution in [1.29, 1.82) is 0 Å². The lowest BCUT2D eigenvalue weighted by molar-refractivity contribution is 0.610. The van der Waals surface area contributed by atoms with Crippen LogP contribution in [0.2, 0.25) is 0 Å². The number of hydrogen-bond donors (Lipinski definition) is 1. The summed E-state index contributed by atoms with van der Waals surface area (Å²) in [7, 11) is 0. The van der Waals surface area contributed by atoms with Crippen molar-refractivity contribution in [2.24, 2.45) is 0 Å². The summed E-state index contributed by atoms with van der Waals surface area (Å²) in [6.07, 6.45) is 0. The Kier molecular flexibility index (Phi) is 2.91. The van der Waals surface area contributed by atoms with Crippen LogP contribution in [0.5, 0.6) is 0 Å². The molecule has 0 aliphatic carbocycles. The van der Waals surface area contributed by atoms with Crippen LogP contribution in [0.3, 0.4) is 0 Å². The van der Waals surface area contributed by atoms with Crippen molar-refractivity contribution in [3.63, 3.8) is 0 Å². The molecule has 2 rings (SSSR count). The highest BCUT2D eigenvalue weighted by Crippen LogP contribution is 2.10. The molecule has 1 heterocycles. The smallest absolute Gasteiger partial charge is 0.267 e. The monoisotopic (exact) mass is 233 g/mol. The summed E-state index contributed by atoms with van der Waals surface area (Å²) in [5, 5.41) is 3.90. The van der Waals surface area contributed by atoms with Crippen molar-refractivity contribution in [3.05, 3.63) is 57.6 Å². The van der Waals surface area contributed by atoms with E-state index in [0.29, 0.717) is 5.56 Å². The predicted molar refractivity (Wildman–Crippen MR) is 63.1 cm³/mol. The highest BCUT2D eigenvalue weighted by Gasteiger charge is 2.04. The Morgan fingerprint density at radius 1 is 1.35 bits per heavy atom. The van der Waals surface area contributed by atoms with Crippen molar-refractivity contribution in [2.75, 3.05) is 5.73 Å². The first-order valence-electron chi connectivity index (χ1n) is 5.15. The SMILES string of the molecule is Cc1ccc(F)cc1Cn1nc(N)ccc1=O. The van der Waals surface area contributed by atoms with E-state index in [9.17, 15) is 9.18 Å². The first-order valence-corrected chi connectivity index (χ1v) is 5.15. The van der Waals surface area contributed by atoms with Crippen LogP contribution in [0.15, 0.2) is 35.1 Å². The molecular weight excluding hydrogens is 221 g/mol. The third-order valence-corrected chi connectivity index (χ3v) is 2.52. The number of aromatic nitrogens is 2. The Balaban J connectivity index is 2.41. The molecule has 0 aliphatic rings. The van der Waals surface area contributed by atoms with E-state index in [-0.39, 0.29) is 23.7 Å². The van der Waals surface area contributed by atoms with Gasteiger partial charge in [0.1, 0.15) is 11.6 Å². The van der Waals surface area contributed by atoms with Gasteiger partial charge in [-0.3, -0.25) is 4.79 Å². The number of anilines is 1. The topological polar surface area (TPSA) is 60.9 Å². The fourth-order valence-corrected chi connectivity index (χ4v) is 1.55. The lowest BCUT2D eigenvalue weighted by Crippen LogP contribution is -2.23. The number of nitrogens with two attached hydrogens (primary N) is 1. The van der Waals surface area contributed by atoms with Gasteiger partial charge in [0, 0.05) is 6.07 Å². The summed E-state index contributed by atoms with van der Waals surface area (Å²) < 4.78 is 14.3. The van der Waals surface area contributed by atoms with Crippen LogP contribution >= 0.6 is 0 Å². The maximum Gasteiger partial charge on any atom is 0.267 e. The van der Waals surface area contributed by atoms with Crippen molar-refractivity contribution < 1.29 is 4.39 Å². The van der Waals surface area contributed by atoms with Gasteiger partial charge in [0.15, 0.2) is 0 Å². The minimum atomic E-state index is -0.331. The number of rotatable bonds is 2. The lowest BCUT2D eigenvalue weighted by atomic mass is 10.1. The second-order valence-corrected chi connectivity index (χ2v) is 3.82. The molecule has 1 aromatic carbocycles. The number of hydrogen-bond acceptors (Lipinski definition) is 3. The second-order valence-electron chi connectivity index (χ2n) is 3.82. The van der Waals surface area contributed by atoms with Gasteiger partial charge in [-0.25, -0.2) is 9.07 Å². The van der Waals surface area contributed by atoms with E-state index in [1.807, 2.05) is 6.92 Å². The van der Waals surface area contributed by atoms with E-state index < -0.39 is 0 Å². The molecule has 88 valence electrons. The Bertz CT molecular complexity index is 607. The minimum absolute atomic E-state index is 0.216. The Labute approximate surface area is 97.5 Å². The van der Waals surface area contributed by atoms with Gasteiger partial charge >= 0.3 is 0 Å². The van der Waals surface area contributed by atoms with Crippen LogP contribution in [0.4, 0.5) is 10.2 Å². The third-order valence-electron chi connectivity index (χ3n) is 2.52. The largest absolute Gasteiger partial charge is 0.382 e. The van der Waals surface area contributed by atoms with Gasteiger partial charge in [0.2, 0.25) is 0 Å². The summed E-state index contributed by atoms with van der Waals surface area (Å²) in [5.74, 6) is -0.0683. The molecule has 17 heavy (non-hydrogen) atoms. The molecule has 0 fully saturated rings. The quantitative estimate of drug-likeness (QED) is 0.851. The number of halogens is 1. The van der Waals surface area contributed by atoms with E-state index in [1.165, 1.54) is 28.9 Å². The second kappa shape index (κ2) is 4.37. The summed E-state index contributed by atoms with van der Waals surface area (Å²) >= 11 is 0. The van der Waals surface area contributed by atoms with Gasteiger partial charge in [0.25, 0.3) is 5.56 Å². The highest BCUT2D eigenvalue weighted by atomic mass is 19.1. The summed E-state index contributed by atoms with van der Waals surface area (Å²) in [5.41, 5.74) is 6.86. The molecule has 0 radical (unpaired) electrons. The maximum atomic E-state index is 13.1. The molecule has 2 N–H and O–H groups in total. The molecule has 0 saturated heterocycles. The molecule has 0 amide bonds. The zero-order valence-corrected chi connectivity index (χ0v) is 9.35. The first-order chi connectivity index (χ1) is 8.06. The molecule has 0 saturated carbocycles. The average Bonchev–Trinajstić information content (AvgIpc) is 2.28. The third kappa shape index (κ3) is 2.50. The molecule has 4 nitrogen and oxygen atoms in total. The molecule has 0 bridgehead atoms. The molecular formula is C12H12FN3O. The summed E-state index contributed by atoms with van der Waals surface area (Å²) in [4.78, 5) is 11.5. The van der Waals surface area contributed by atoms with Crippen LogP contribution in [-0.4, -0.2) is 9.78 Å². The Hall–Kier alpha value is -2.17. The molecule has 0 spiro atoms. The zero-order valence-electron chi connectivity index (χ0n) is 9.35. The Morgan fingerprint density at radius 2 is 2.12 bits per heavy atom. The lowest BCUT2D eigenvalue weighted by Gasteiger charge is -2.08. The van der Waals surface area contributed by atoms with Crippen molar-refractivity contribution in [3.8, 4) is 0 Å². The average molecular weight is 233 g/mol. The fourth-order valence-electron chi connectivity index (χ4n) is 1.55. The van der Waals surface area contributed by atoms with Crippen molar-refractivity contribution >= 4 is 5.82 Å². The van der Waals surface area contributed by atoms with Crippen molar-refractivity contribution in [2.45, 2.75) is 13.5 Å². The number of nitrogens with zero attached hydrogens (tertiary/aromatic N) is 2. The normalized spacial score (nSPS) is 10.5. The minimum Gasteiger partial charge on any atom is -0.382 e. The molecule has 5 heteroatoms. The maximum absolute atomic E-state index is 13.1. The van der Waals surface area contributed by atoms with Crippen molar-refractivity contribution in [1.82, 2.24) is 9.78 Å².